The molecular weight excluding hydrogens is 417 g/mol. The minimum Gasteiger partial charge on any atom is -0.445 e. The summed E-state index contributed by atoms with van der Waals surface area (Å²) in [7, 11) is 0. The summed E-state index contributed by atoms with van der Waals surface area (Å²) in [5, 5.41) is 7.54. The Labute approximate surface area is 188 Å². The normalized spacial score (nSPS) is 13.8. The molecule has 0 aliphatic carbocycles. The van der Waals surface area contributed by atoms with E-state index >= 15 is 0 Å². The highest BCUT2D eigenvalue weighted by molar-refractivity contribution is 5.94. The highest BCUT2D eigenvalue weighted by Gasteiger charge is 2.29. The number of hydrogen-bond donors (Lipinski definition) is 3. The van der Waals surface area contributed by atoms with Gasteiger partial charge in [-0.15, -0.1) is 0 Å². The first kappa shape index (κ1) is 27.1. The highest BCUT2D eigenvalue weighted by Crippen LogP contribution is 2.08. The number of halogens is 1. The van der Waals surface area contributed by atoms with Crippen molar-refractivity contribution < 1.29 is 28.3 Å². The summed E-state index contributed by atoms with van der Waals surface area (Å²) in [4.78, 5) is 49.0. The summed E-state index contributed by atoms with van der Waals surface area (Å²) >= 11 is 0. The third kappa shape index (κ3) is 9.45. The van der Waals surface area contributed by atoms with E-state index in [4.69, 9.17) is 4.74 Å². The number of ether oxygens (including phenoxy) is 1. The SMILES string of the molecule is CC(C)CC(NC(=O)C(C)NC(=O)C(NC(=O)OCc1ccccc1)C(C)C)C(=O)CF. The Morgan fingerprint density at radius 1 is 0.906 bits per heavy atom. The molecule has 3 N–H and O–H groups in total. The Kier molecular flexibility index (Phi) is 11.4. The van der Waals surface area contributed by atoms with E-state index in [1.165, 1.54) is 6.92 Å². The number of carbonyl (C=O) groups excluding carboxylic acids is 4. The maximum Gasteiger partial charge on any atom is 0.408 e. The number of ketones is 1. The number of Topliss-reactive ketones (excluding diaryl/α,β-unsaturated/α-hetero) is 1. The first-order valence-electron chi connectivity index (χ1n) is 10.7. The summed E-state index contributed by atoms with van der Waals surface area (Å²) in [6.07, 6.45) is -0.469. The Morgan fingerprint density at radius 2 is 1.53 bits per heavy atom. The van der Waals surface area contributed by atoms with E-state index in [0.717, 1.165) is 5.56 Å². The second-order valence-corrected chi connectivity index (χ2v) is 8.45. The van der Waals surface area contributed by atoms with Gasteiger partial charge in [-0.2, -0.15) is 0 Å². The van der Waals surface area contributed by atoms with Crippen LogP contribution >= 0.6 is 0 Å². The molecule has 3 amide bonds. The molecule has 0 saturated carbocycles. The molecule has 1 rings (SSSR count). The first-order valence-corrected chi connectivity index (χ1v) is 10.7. The van der Waals surface area contributed by atoms with Crippen LogP contribution in [0.3, 0.4) is 0 Å². The van der Waals surface area contributed by atoms with Crippen LogP contribution in [0.5, 0.6) is 0 Å². The monoisotopic (exact) mass is 451 g/mol. The molecule has 8 nitrogen and oxygen atoms in total. The number of rotatable bonds is 12. The van der Waals surface area contributed by atoms with Crippen LogP contribution in [-0.4, -0.2) is 48.5 Å². The average molecular weight is 452 g/mol. The maximum absolute atomic E-state index is 12.8. The Morgan fingerprint density at radius 3 is 2.06 bits per heavy atom. The fraction of sp³-hybridized carbons (Fsp3) is 0.565. The van der Waals surface area contributed by atoms with Crippen molar-refractivity contribution in [3.05, 3.63) is 35.9 Å². The van der Waals surface area contributed by atoms with E-state index in [9.17, 15) is 23.6 Å². The molecule has 0 bridgehead atoms. The lowest BCUT2D eigenvalue weighted by atomic mass is 10.00. The zero-order chi connectivity index (χ0) is 24.3. The molecule has 3 unspecified atom stereocenters. The fourth-order valence-corrected chi connectivity index (χ4v) is 2.93. The van der Waals surface area contributed by atoms with Crippen molar-refractivity contribution in [2.45, 2.75) is 65.8 Å². The van der Waals surface area contributed by atoms with Gasteiger partial charge in [0.25, 0.3) is 0 Å². The van der Waals surface area contributed by atoms with Crippen LogP contribution in [0.15, 0.2) is 30.3 Å². The Balaban J connectivity index is 2.66. The van der Waals surface area contributed by atoms with E-state index in [1.54, 1.807) is 26.0 Å². The molecule has 32 heavy (non-hydrogen) atoms. The van der Waals surface area contributed by atoms with Crippen molar-refractivity contribution in [2.75, 3.05) is 6.67 Å². The molecule has 1 aromatic rings. The van der Waals surface area contributed by atoms with Crippen molar-refractivity contribution in [3.63, 3.8) is 0 Å². The number of carbonyl (C=O) groups is 4. The van der Waals surface area contributed by atoms with Gasteiger partial charge < -0.3 is 20.7 Å². The summed E-state index contributed by atoms with van der Waals surface area (Å²) in [5.41, 5.74) is 0.803. The predicted octanol–water partition coefficient (Wildman–Crippen LogP) is 2.51. The van der Waals surface area contributed by atoms with E-state index in [0.29, 0.717) is 6.42 Å². The molecule has 0 radical (unpaired) electrons. The minimum atomic E-state index is -1.18. The maximum atomic E-state index is 12.8. The highest BCUT2D eigenvalue weighted by atomic mass is 19.1. The predicted molar refractivity (Wildman–Crippen MR) is 118 cm³/mol. The topological polar surface area (TPSA) is 114 Å². The molecule has 178 valence electrons. The number of nitrogens with one attached hydrogen (secondary N) is 3. The number of benzene rings is 1. The van der Waals surface area contributed by atoms with Crippen molar-refractivity contribution >= 4 is 23.7 Å². The molecule has 0 spiro atoms. The van der Waals surface area contributed by atoms with Crippen LogP contribution in [0, 0.1) is 11.8 Å². The largest absolute Gasteiger partial charge is 0.445 e. The van der Waals surface area contributed by atoms with Gasteiger partial charge in [0.2, 0.25) is 11.8 Å². The third-order valence-corrected chi connectivity index (χ3v) is 4.73. The second-order valence-electron chi connectivity index (χ2n) is 8.45. The van der Waals surface area contributed by atoms with Gasteiger partial charge >= 0.3 is 6.09 Å². The van der Waals surface area contributed by atoms with Crippen molar-refractivity contribution in [2.24, 2.45) is 11.8 Å². The summed E-state index contributed by atoms with van der Waals surface area (Å²) in [6, 6.07) is 6.21. The van der Waals surface area contributed by atoms with Crippen LogP contribution < -0.4 is 16.0 Å². The van der Waals surface area contributed by atoms with Gasteiger partial charge in [0.15, 0.2) is 5.78 Å². The van der Waals surface area contributed by atoms with Crippen LogP contribution in [-0.2, 0) is 25.7 Å². The van der Waals surface area contributed by atoms with Crippen LogP contribution in [0.25, 0.3) is 0 Å². The van der Waals surface area contributed by atoms with E-state index in [-0.39, 0.29) is 18.4 Å². The molecule has 3 atom stereocenters. The molecule has 0 aliphatic heterocycles. The van der Waals surface area contributed by atoms with E-state index in [1.807, 2.05) is 32.0 Å². The zero-order valence-corrected chi connectivity index (χ0v) is 19.3. The smallest absolute Gasteiger partial charge is 0.408 e. The quantitative estimate of drug-likeness (QED) is 0.452. The minimum absolute atomic E-state index is 0.0533. The molecule has 0 aliphatic rings. The second kappa shape index (κ2) is 13.4. The number of alkyl carbamates (subject to hydrolysis) is 1. The van der Waals surface area contributed by atoms with Gasteiger partial charge in [-0.1, -0.05) is 58.0 Å². The summed E-state index contributed by atoms with van der Waals surface area (Å²) in [6.45, 7) is 7.51. The van der Waals surface area contributed by atoms with Gasteiger partial charge in [0.05, 0.1) is 6.04 Å². The molecule has 0 fully saturated rings. The van der Waals surface area contributed by atoms with Crippen molar-refractivity contribution in [3.8, 4) is 0 Å². The number of hydrogen-bond acceptors (Lipinski definition) is 5. The standard InChI is InChI=1S/C23H34FN3O5/c1-14(2)11-18(19(28)12-24)26-21(29)16(5)25-22(30)20(15(3)4)27-23(31)32-13-17-9-7-6-8-10-17/h6-10,14-16,18,20H,11-13H2,1-5H3,(H,25,30)(H,26,29)(H,27,31). The lowest BCUT2D eigenvalue weighted by Gasteiger charge is -2.25. The lowest BCUT2D eigenvalue weighted by molar-refractivity contribution is -0.132. The fourth-order valence-electron chi connectivity index (χ4n) is 2.93. The molecule has 0 saturated heterocycles. The first-order chi connectivity index (χ1) is 15.0. The molecule has 0 aromatic heterocycles. The van der Waals surface area contributed by atoms with Gasteiger partial charge in [-0.3, -0.25) is 14.4 Å². The van der Waals surface area contributed by atoms with Crippen molar-refractivity contribution in [1.82, 2.24) is 16.0 Å². The van der Waals surface area contributed by atoms with Gasteiger partial charge in [-0.05, 0) is 30.7 Å². The average Bonchev–Trinajstić information content (AvgIpc) is 2.74. The third-order valence-electron chi connectivity index (χ3n) is 4.73. The van der Waals surface area contributed by atoms with Gasteiger partial charge in [-0.25, -0.2) is 9.18 Å². The Bertz CT molecular complexity index is 770. The van der Waals surface area contributed by atoms with Crippen LogP contribution in [0.1, 0.15) is 46.6 Å². The molecule has 1 aromatic carbocycles. The van der Waals surface area contributed by atoms with Crippen LogP contribution in [0.2, 0.25) is 0 Å². The number of amides is 3. The lowest BCUT2D eigenvalue weighted by Crippen LogP contribution is -2.56. The van der Waals surface area contributed by atoms with Gasteiger partial charge in [0, 0.05) is 0 Å². The summed E-state index contributed by atoms with van der Waals surface area (Å²) in [5.74, 6) is -2.11. The summed E-state index contributed by atoms with van der Waals surface area (Å²) < 4.78 is 18.0. The van der Waals surface area contributed by atoms with E-state index < -0.39 is 48.5 Å². The van der Waals surface area contributed by atoms with Crippen molar-refractivity contribution in [1.29, 1.82) is 0 Å². The number of alkyl halides is 1. The zero-order valence-electron chi connectivity index (χ0n) is 19.3. The van der Waals surface area contributed by atoms with Gasteiger partial charge in [0.1, 0.15) is 25.4 Å². The molecule has 0 heterocycles. The van der Waals surface area contributed by atoms with E-state index in [2.05, 4.69) is 16.0 Å². The molecule has 9 heteroatoms. The van der Waals surface area contributed by atoms with Crippen LogP contribution in [0.4, 0.5) is 9.18 Å². The molecular formula is C23H34FN3O5. The Hall–Kier alpha value is -2.97.